The van der Waals surface area contributed by atoms with Gasteiger partial charge in [-0.15, -0.1) is 11.3 Å². The van der Waals surface area contributed by atoms with Gasteiger partial charge in [-0.2, -0.15) is 0 Å². The van der Waals surface area contributed by atoms with E-state index in [4.69, 9.17) is 4.74 Å². The molecule has 0 radical (unpaired) electrons. The molecule has 0 fully saturated rings. The number of thiophene rings is 1. The van der Waals surface area contributed by atoms with Crippen molar-refractivity contribution in [3.63, 3.8) is 0 Å². The number of hydrogen-bond acceptors (Lipinski definition) is 5. The zero-order chi connectivity index (χ0) is 19.1. The minimum absolute atomic E-state index is 0.321. The van der Waals surface area contributed by atoms with Gasteiger partial charge in [-0.25, -0.2) is 9.78 Å². The van der Waals surface area contributed by atoms with E-state index in [0.717, 1.165) is 17.4 Å². The summed E-state index contributed by atoms with van der Waals surface area (Å²) in [4.78, 5) is 31.2. The molecular weight excluding hydrogens is 374 g/mol. The zero-order valence-corrected chi connectivity index (χ0v) is 15.3. The van der Waals surface area contributed by atoms with E-state index in [2.05, 4.69) is 10.3 Å². The molecule has 1 aliphatic heterocycles. The number of aldehydes is 1. The number of benzene rings is 2. The van der Waals surface area contributed by atoms with Gasteiger partial charge in [0.05, 0.1) is 27.3 Å². The third-order valence-electron chi connectivity index (χ3n) is 4.45. The second kappa shape index (κ2) is 6.47. The molecule has 1 N–H and O–H groups in total. The van der Waals surface area contributed by atoms with Crippen molar-refractivity contribution in [2.75, 3.05) is 10.2 Å². The molecule has 6 nitrogen and oxygen atoms in total. The fraction of sp³-hybridized carbons (Fsp3) is 0. The van der Waals surface area contributed by atoms with Crippen LogP contribution in [0.15, 0.2) is 66.9 Å². The standard InChI is InChI=1S/C21H13N3O3S/c25-12-17-19-18-16(10-11-22-20(18)28-17)24(21(26)23-19)13-6-8-15(9-7-13)27-14-4-2-1-3-5-14/h1-12H,(H,23,26). The molecule has 2 aromatic heterocycles. The second-order valence-corrected chi connectivity index (χ2v) is 7.17. The van der Waals surface area contributed by atoms with E-state index in [1.807, 2.05) is 54.6 Å². The maximum Gasteiger partial charge on any atom is 0.331 e. The monoisotopic (exact) mass is 387 g/mol. The van der Waals surface area contributed by atoms with Crippen molar-refractivity contribution < 1.29 is 14.3 Å². The first-order valence-corrected chi connectivity index (χ1v) is 9.37. The number of carbonyl (C=O) groups excluding carboxylic acids is 2. The van der Waals surface area contributed by atoms with E-state index < -0.39 is 0 Å². The number of aromatic nitrogens is 1. The van der Waals surface area contributed by atoms with Gasteiger partial charge in [-0.3, -0.25) is 9.69 Å². The second-order valence-electron chi connectivity index (χ2n) is 6.14. The van der Waals surface area contributed by atoms with Crippen LogP contribution < -0.4 is 15.0 Å². The summed E-state index contributed by atoms with van der Waals surface area (Å²) in [6.07, 6.45) is 2.39. The molecular formula is C21H13N3O3S. The lowest BCUT2D eigenvalue weighted by Crippen LogP contribution is -2.33. The fourth-order valence-corrected chi connectivity index (χ4v) is 4.17. The summed E-state index contributed by atoms with van der Waals surface area (Å²) >= 11 is 1.27. The number of carbonyl (C=O) groups is 2. The molecule has 0 aliphatic carbocycles. The van der Waals surface area contributed by atoms with Gasteiger partial charge in [0.25, 0.3) is 0 Å². The average molecular weight is 387 g/mol. The molecule has 0 saturated heterocycles. The van der Waals surface area contributed by atoms with Crippen molar-refractivity contribution in [3.8, 4) is 11.5 Å². The summed E-state index contributed by atoms with van der Waals surface area (Å²) in [7, 11) is 0. The number of para-hydroxylation sites is 1. The minimum Gasteiger partial charge on any atom is -0.457 e. The third kappa shape index (κ3) is 2.60. The van der Waals surface area contributed by atoms with Crippen LogP contribution in [0.3, 0.4) is 0 Å². The highest BCUT2D eigenvalue weighted by Crippen LogP contribution is 2.45. The van der Waals surface area contributed by atoms with E-state index in [1.165, 1.54) is 11.3 Å². The molecule has 0 atom stereocenters. The summed E-state index contributed by atoms with van der Waals surface area (Å²) < 4.78 is 5.81. The van der Waals surface area contributed by atoms with Crippen LogP contribution in [-0.4, -0.2) is 17.3 Å². The first-order chi connectivity index (χ1) is 13.7. The first-order valence-electron chi connectivity index (χ1n) is 8.55. The Hall–Kier alpha value is -3.71. The molecule has 4 aromatic rings. The highest BCUT2D eigenvalue weighted by molar-refractivity contribution is 7.21. The van der Waals surface area contributed by atoms with Crippen LogP contribution in [0.5, 0.6) is 11.5 Å². The van der Waals surface area contributed by atoms with Crippen LogP contribution in [0, 0.1) is 0 Å². The highest BCUT2D eigenvalue weighted by Gasteiger charge is 2.30. The van der Waals surface area contributed by atoms with E-state index in [0.29, 0.717) is 32.5 Å². The Morgan fingerprint density at radius 3 is 2.50 bits per heavy atom. The Bertz CT molecular complexity index is 1200. The van der Waals surface area contributed by atoms with Gasteiger partial charge in [0.2, 0.25) is 0 Å². The van der Waals surface area contributed by atoms with Crippen molar-refractivity contribution in [2.24, 2.45) is 0 Å². The van der Waals surface area contributed by atoms with Crippen molar-refractivity contribution in [3.05, 3.63) is 71.7 Å². The third-order valence-corrected chi connectivity index (χ3v) is 5.48. The quantitative estimate of drug-likeness (QED) is 0.464. The lowest BCUT2D eigenvalue weighted by molar-refractivity contribution is 0.112. The van der Waals surface area contributed by atoms with Crippen LogP contribution in [0.4, 0.5) is 21.9 Å². The summed E-state index contributed by atoms with van der Waals surface area (Å²) in [5, 5.41) is 3.60. The van der Waals surface area contributed by atoms with Gasteiger partial charge in [0.15, 0.2) is 6.29 Å². The smallest absolute Gasteiger partial charge is 0.331 e. The Morgan fingerprint density at radius 2 is 1.75 bits per heavy atom. The molecule has 5 rings (SSSR count). The van der Waals surface area contributed by atoms with Gasteiger partial charge in [-0.1, -0.05) is 18.2 Å². The summed E-state index contributed by atoms with van der Waals surface area (Å²) in [5.74, 6) is 1.41. The molecule has 0 saturated carbocycles. The number of anilines is 3. The number of pyridine rings is 1. The number of nitrogens with one attached hydrogen (secondary N) is 1. The van der Waals surface area contributed by atoms with Gasteiger partial charge in [0.1, 0.15) is 16.3 Å². The van der Waals surface area contributed by atoms with E-state index in [1.54, 1.807) is 17.2 Å². The van der Waals surface area contributed by atoms with Crippen molar-refractivity contribution in [2.45, 2.75) is 0 Å². The van der Waals surface area contributed by atoms with E-state index in [-0.39, 0.29) is 6.03 Å². The zero-order valence-electron chi connectivity index (χ0n) is 14.5. The number of ether oxygens (including phenoxy) is 1. The maximum absolute atomic E-state index is 12.8. The molecule has 136 valence electrons. The van der Waals surface area contributed by atoms with Gasteiger partial charge in [0, 0.05) is 6.20 Å². The predicted molar refractivity (Wildman–Crippen MR) is 109 cm³/mol. The number of amides is 2. The Balaban J connectivity index is 1.54. The van der Waals surface area contributed by atoms with Gasteiger partial charge >= 0.3 is 6.03 Å². The van der Waals surface area contributed by atoms with Crippen LogP contribution in [0.2, 0.25) is 0 Å². The minimum atomic E-state index is -0.321. The topological polar surface area (TPSA) is 71.5 Å². The molecule has 28 heavy (non-hydrogen) atoms. The summed E-state index contributed by atoms with van der Waals surface area (Å²) in [6, 6.07) is 18.2. The lowest BCUT2D eigenvalue weighted by Gasteiger charge is -2.28. The molecule has 2 aromatic carbocycles. The molecule has 0 spiro atoms. The van der Waals surface area contributed by atoms with Crippen molar-refractivity contribution >= 4 is 50.9 Å². The lowest BCUT2D eigenvalue weighted by atomic mass is 10.1. The molecule has 0 bridgehead atoms. The number of nitrogens with zero attached hydrogens (tertiary/aromatic N) is 2. The van der Waals surface area contributed by atoms with Gasteiger partial charge < -0.3 is 10.1 Å². The molecule has 0 unspecified atom stereocenters. The molecule has 7 heteroatoms. The van der Waals surface area contributed by atoms with Crippen LogP contribution in [0.25, 0.3) is 10.2 Å². The summed E-state index contributed by atoms with van der Waals surface area (Å²) in [6.45, 7) is 0. The Kier molecular flexibility index (Phi) is 3.80. The molecule has 1 aliphatic rings. The molecule has 3 heterocycles. The van der Waals surface area contributed by atoms with Crippen LogP contribution >= 0.6 is 11.3 Å². The number of hydrogen-bond donors (Lipinski definition) is 1. The average Bonchev–Trinajstić information content (AvgIpc) is 3.09. The predicted octanol–water partition coefficient (Wildman–Crippen LogP) is 5.58. The molecule has 2 amide bonds. The Morgan fingerprint density at radius 1 is 1.00 bits per heavy atom. The van der Waals surface area contributed by atoms with E-state index in [9.17, 15) is 9.59 Å². The van der Waals surface area contributed by atoms with Crippen molar-refractivity contribution in [1.29, 1.82) is 0 Å². The Labute approximate surface area is 164 Å². The first kappa shape index (κ1) is 16.5. The number of urea groups is 1. The van der Waals surface area contributed by atoms with E-state index >= 15 is 0 Å². The highest BCUT2D eigenvalue weighted by atomic mass is 32.1. The fourth-order valence-electron chi connectivity index (χ4n) is 3.23. The maximum atomic E-state index is 12.8. The van der Waals surface area contributed by atoms with Crippen molar-refractivity contribution in [1.82, 2.24) is 4.98 Å². The van der Waals surface area contributed by atoms with Crippen LogP contribution in [-0.2, 0) is 0 Å². The van der Waals surface area contributed by atoms with Gasteiger partial charge in [-0.05, 0) is 42.5 Å². The van der Waals surface area contributed by atoms with Crippen LogP contribution in [0.1, 0.15) is 9.67 Å². The normalized spacial score (nSPS) is 12.7. The number of rotatable bonds is 4. The SMILES string of the molecule is O=Cc1sc2nccc3c2c1NC(=O)N3c1ccc(Oc2ccccc2)cc1. The summed E-state index contributed by atoms with van der Waals surface area (Å²) in [5.41, 5.74) is 1.92. The largest absolute Gasteiger partial charge is 0.457 e.